The predicted octanol–water partition coefficient (Wildman–Crippen LogP) is 2.11. The fourth-order valence-corrected chi connectivity index (χ4v) is 3.28. The molecule has 0 spiro atoms. The summed E-state index contributed by atoms with van der Waals surface area (Å²) in [7, 11) is 0. The molecular formula is C19H17FN4O3S. The van der Waals surface area contributed by atoms with Crippen LogP contribution in [-0.4, -0.2) is 27.3 Å². The second-order valence-corrected chi connectivity index (χ2v) is 6.75. The van der Waals surface area contributed by atoms with E-state index in [1.807, 2.05) is 0 Å². The van der Waals surface area contributed by atoms with Gasteiger partial charge in [-0.1, -0.05) is 30.3 Å². The van der Waals surface area contributed by atoms with Crippen molar-refractivity contribution in [3.63, 3.8) is 0 Å². The molecular weight excluding hydrogens is 383 g/mol. The van der Waals surface area contributed by atoms with Crippen LogP contribution in [0.1, 0.15) is 17.4 Å². The van der Waals surface area contributed by atoms with Gasteiger partial charge in [0.2, 0.25) is 5.91 Å². The van der Waals surface area contributed by atoms with Gasteiger partial charge in [0.25, 0.3) is 11.5 Å². The lowest BCUT2D eigenvalue weighted by Gasteiger charge is -2.11. The van der Waals surface area contributed by atoms with E-state index in [0.29, 0.717) is 22.2 Å². The van der Waals surface area contributed by atoms with E-state index in [2.05, 4.69) is 16.0 Å². The van der Waals surface area contributed by atoms with Gasteiger partial charge in [0.1, 0.15) is 5.82 Å². The van der Waals surface area contributed by atoms with Crippen LogP contribution in [0.4, 0.5) is 4.39 Å². The van der Waals surface area contributed by atoms with Crippen molar-refractivity contribution in [1.82, 2.24) is 20.6 Å². The summed E-state index contributed by atoms with van der Waals surface area (Å²) in [6.07, 6.45) is 0. The van der Waals surface area contributed by atoms with Crippen LogP contribution in [0.2, 0.25) is 0 Å². The second kappa shape index (κ2) is 8.66. The number of hydrogen-bond donors (Lipinski definition) is 2. The molecule has 0 radical (unpaired) electrons. The van der Waals surface area contributed by atoms with Crippen molar-refractivity contribution < 1.29 is 14.0 Å². The Balaban J connectivity index is 1.70. The maximum Gasteiger partial charge on any atom is 0.290 e. The number of thioether (sulfide) groups is 1. The van der Waals surface area contributed by atoms with Crippen LogP contribution in [0.25, 0.3) is 10.8 Å². The molecule has 1 aromatic heterocycles. The Kier molecular flexibility index (Phi) is 6.05. The van der Waals surface area contributed by atoms with E-state index in [0.717, 1.165) is 11.8 Å². The summed E-state index contributed by atoms with van der Waals surface area (Å²) in [6.45, 7) is 2.04. The largest absolute Gasteiger partial charge is 0.290 e. The highest BCUT2D eigenvalue weighted by Gasteiger charge is 2.17. The van der Waals surface area contributed by atoms with E-state index < -0.39 is 17.6 Å². The van der Waals surface area contributed by atoms with Gasteiger partial charge in [-0.05, 0) is 25.1 Å². The van der Waals surface area contributed by atoms with Gasteiger partial charge in [0, 0.05) is 16.8 Å². The van der Waals surface area contributed by atoms with Gasteiger partial charge in [-0.3, -0.25) is 25.2 Å². The summed E-state index contributed by atoms with van der Waals surface area (Å²) in [4.78, 5) is 37.1. The number of fused-ring (bicyclic) bond motifs is 1. The number of hydrogen-bond acceptors (Lipinski definition) is 5. The molecule has 144 valence electrons. The molecule has 0 aliphatic rings. The Morgan fingerprint density at radius 3 is 2.46 bits per heavy atom. The van der Waals surface area contributed by atoms with Crippen molar-refractivity contribution in [2.24, 2.45) is 0 Å². The number of amides is 2. The monoisotopic (exact) mass is 400 g/mol. The van der Waals surface area contributed by atoms with Crippen LogP contribution >= 0.6 is 11.8 Å². The molecule has 2 N–H and O–H groups in total. The quantitative estimate of drug-likeness (QED) is 0.505. The maximum absolute atomic E-state index is 13.6. The number of aryl methyl sites for hydroxylation is 1. The van der Waals surface area contributed by atoms with E-state index in [9.17, 15) is 18.8 Å². The highest BCUT2D eigenvalue weighted by Crippen LogP contribution is 2.20. The minimum Gasteiger partial charge on any atom is -0.272 e. The molecule has 0 atom stereocenters. The molecule has 0 aliphatic heterocycles. The molecule has 28 heavy (non-hydrogen) atoms. The van der Waals surface area contributed by atoms with Gasteiger partial charge in [0.05, 0.1) is 11.1 Å². The summed E-state index contributed by atoms with van der Waals surface area (Å²) < 4.78 is 14.8. The van der Waals surface area contributed by atoms with Crippen molar-refractivity contribution in [2.75, 3.05) is 5.75 Å². The van der Waals surface area contributed by atoms with E-state index in [-0.39, 0.29) is 17.0 Å². The first kappa shape index (κ1) is 19.6. The number of benzene rings is 2. The summed E-state index contributed by atoms with van der Waals surface area (Å²) in [5, 5.41) is 4.85. The molecule has 3 aromatic rings. The molecule has 7 nitrogen and oxygen atoms in total. The lowest BCUT2D eigenvalue weighted by Crippen LogP contribution is -2.43. The third kappa shape index (κ3) is 4.20. The number of nitrogens with zero attached hydrogens (tertiary/aromatic N) is 2. The summed E-state index contributed by atoms with van der Waals surface area (Å²) >= 11 is 1.01. The molecule has 0 aliphatic carbocycles. The number of carbonyl (C=O) groups excluding carboxylic acids is 2. The van der Waals surface area contributed by atoms with Crippen molar-refractivity contribution in [1.29, 1.82) is 0 Å². The third-order valence-electron chi connectivity index (χ3n) is 3.89. The lowest BCUT2D eigenvalue weighted by molar-refractivity contribution is -0.119. The van der Waals surface area contributed by atoms with Crippen LogP contribution in [0.15, 0.2) is 58.2 Å². The van der Waals surface area contributed by atoms with E-state index in [4.69, 9.17) is 0 Å². The molecule has 0 bridgehead atoms. The van der Waals surface area contributed by atoms with Crippen LogP contribution < -0.4 is 16.4 Å². The Bertz CT molecular complexity index is 1100. The van der Waals surface area contributed by atoms with Gasteiger partial charge < -0.3 is 0 Å². The number of hydrazine groups is 1. The van der Waals surface area contributed by atoms with E-state index in [1.54, 1.807) is 49.4 Å². The molecule has 0 saturated heterocycles. The molecule has 0 saturated carbocycles. The molecule has 0 unspecified atom stereocenters. The van der Waals surface area contributed by atoms with E-state index >= 15 is 0 Å². The average molecular weight is 400 g/mol. The summed E-state index contributed by atoms with van der Waals surface area (Å²) in [5.41, 5.74) is 4.30. The fraction of sp³-hybridized carbons (Fsp3) is 0.158. The van der Waals surface area contributed by atoms with Crippen LogP contribution in [0.5, 0.6) is 0 Å². The smallest absolute Gasteiger partial charge is 0.272 e. The molecule has 0 fully saturated rings. The average Bonchev–Trinajstić information content (AvgIpc) is 2.72. The second-order valence-electron chi connectivity index (χ2n) is 5.74. The first-order valence-electron chi connectivity index (χ1n) is 8.47. The fourth-order valence-electron chi connectivity index (χ4n) is 2.54. The normalized spacial score (nSPS) is 10.6. The molecule has 9 heteroatoms. The third-order valence-corrected chi connectivity index (χ3v) is 4.94. The topological polar surface area (TPSA) is 93.1 Å². The van der Waals surface area contributed by atoms with Crippen LogP contribution in [-0.2, 0) is 11.3 Å². The number of halogens is 1. The zero-order valence-electron chi connectivity index (χ0n) is 14.9. The SMILES string of the molecule is CCn1nc(C(=O)NNC(=O)CSc2ccccc2F)c2ccccc2c1=O. The molecule has 2 amide bonds. The van der Waals surface area contributed by atoms with Gasteiger partial charge in [-0.2, -0.15) is 5.10 Å². The van der Waals surface area contributed by atoms with Crippen molar-refractivity contribution in [3.8, 4) is 0 Å². The van der Waals surface area contributed by atoms with Gasteiger partial charge in [-0.15, -0.1) is 11.8 Å². The Hall–Kier alpha value is -3.20. The maximum atomic E-state index is 13.6. The number of aromatic nitrogens is 2. The van der Waals surface area contributed by atoms with Crippen LogP contribution in [0, 0.1) is 5.82 Å². The zero-order chi connectivity index (χ0) is 20.1. The molecule has 1 heterocycles. The Morgan fingerprint density at radius 2 is 1.75 bits per heavy atom. The number of carbonyl (C=O) groups is 2. The summed E-state index contributed by atoms with van der Waals surface area (Å²) in [6, 6.07) is 12.7. The minimum absolute atomic E-state index is 0.0270. The standard InChI is InChI=1S/C19H17FN4O3S/c1-2-24-19(27)13-8-4-3-7-12(13)17(23-24)18(26)22-21-16(25)11-28-15-10-6-5-9-14(15)20/h3-10H,2,11H2,1H3,(H,21,25)(H,22,26). The minimum atomic E-state index is -0.650. The van der Waals surface area contributed by atoms with Gasteiger partial charge in [0.15, 0.2) is 5.69 Å². The zero-order valence-corrected chi connectivity index (χ0v) is 15.8. The van der Waals surface area contributed by atoms with Gasteiger partial charge >= 0.3 is 0 Å². The number of nitrogens with one attached hydrogen (secondary N) is 2. The predicted molar refractivity (Wildman–Crippen MR) is 104 cm³/mol. The van der Waals surface area contributed by atoms with Crippen molar-refractivity contribution >= 4 is 34.3 Å². The molecule has 2 aromatic carbocycles. The highest BCUT2D eigenvalue weighted by atomic mass is 32.2. The highest BCUT2D eigenvalue weighted by molar-refractivity contribution is 8.00. The van der Waals surface area contributed by atoms with Gasteiger partial charge in [-0.25, -0.2) is 9.07 Å². The summed E-state index contributed by atoms with van der Waals surface area (Å²) in [5.74, 6) is -1.65. The molecule has 3 rings (SSSR count). The Labute approximate surface area is 163 Å². The number of rotatable bonds is 5. The first-order chi connectivity index (χ1) is 13.5. The van der Waals surface area contributed by atoms with Crippen molar-refractivity contribution in [3.05, 3.63) is 70.4 Å². The van der Waals surface area contributed by atoms with Crippen LogP contribution in [0.3, 0.4) is 0 Å². The Morgan fingerprint density at radius 1 is 1.07 bits per heavy atom. The lowest BCUT2D eigenvalue weighted by atomic mass is 10.1. The first-order valence-corrected chi connectivity index (χ1v) is 9.46. The van der Waals surface area contributed by atoms with E-state index in [1.165, 1.54) is 10.7 Å². The van der Waals surface area contributed by atoms with Crippen molar-refractivity contribution in [2.45, 2.75) is 18.4 Å².